The Morgan fingerprint density at radius 3 is 2.84 bits per heavy atom. The molecule has 4 heteroatoms. The maximum Gasteiger partial charge on any atom is 0.309 e. The Morgan fingerprint density at radius 1 is 1.47 bits per heavy atom. The van der Waals surface area contributed by atoms with Crippen LogP contribution in [0.2, 0.25) is 0 Å². The van der Waals surface area contributed by atoms with E-state index in [1.807, 2.05) is 12.1 Å². The van der Waals surface area contributed by atoms with Crippen LogP contribution in [0.25, 0.3) is 0 Å². The monoisotopic (exact) mass is 279 g/mol. The van der Waals surface area contributed by atoms with Crippen LogP contribution in [0.15, 0.2) is 29.2 Å². The molecule has 2 N–H and O–H groups in total. The number of hydrogen-bond donors (Lipinski definition) is 2. The molecule has 1 saturated carbocycles. The predicted octanol–water partition coefficient (Wildman–Crippen LogP) is 3.14. The molecule has 104 valence electrons. The van der Waals surface area contributed by atoms with Gasteiger partial charge in [-0.15, -0.1) is 11.8 Å². The van der Waals surface area contributed by atoms with Gasteiger partial charge in [0.15, 0.2) is 0 Å². The van der Waals surface area contributed by atoms with Crippen molar-refractivity contribution < 1.29 is 9.90 Å². The SMILES string of the molecule is CC(C)(CSc1cccc(CNC2CC2)c1)C(=O)O. The highest BCUT2D eigenvalue weighted by atomic mass is 32.2. The lowest BCUT2D eigenvalue weighted by Crippen LogP contribution is -2.26. The van der Waals surface area contributed by atoms with Crippen molar-refractivity contribution in [2.75, 3.05) is 5.75 Å². The maximum atomic E-state index is 11.1. The molecule has 0 atom stereocenters. The second-order valence-electron chi connectivity index (χ2n) is 5.78. The van der Waals surface area contributed by atoms with Gasteiger partial charge in [-0.3, -0.25) is 4.79 Å². The van der Waals surface area contributed by atoms with Crippen molar-refractivity contribution in [2.24, 2.45) is 5.41 Å². The molecular weight excluding hydrogens is 258 g/mol. The lowest BCUT2D eigenvalue weighted by Gasteiger charge is -2.18. The minimum atomic E-state index is -0.744. The molecule has 1 aromatic rings. The fourth-order valence-electron chi connectivity index (χ4n) is 1.62. The van der Waals surface area contributed by atoms with Gasteiger partial charge in [-0.25, -0.2) is 0 Å². The van der Waals surface area contributed by atoms with Crippen LogP contribution in [-0.4, -0.2) is 22.9 Å². The van der Waals surface area contributed by atoms with Gasteiger partial charge in [0.25, 0.3) is 0 Å². The first-order valence-electron chi connectivity index (χ1n) is 6.66. The Labute approximate surface area is 118 Å². The number of benzene rings is 1. The zero-order valence-electron chi connectivity index (χ0n) is 11.5. The van der Waals surface area contributed by atoms with E-state index >= 15 is 0 Å². The first kappa shape index (κ1) is 14.4. The summed E-state index contributed by atoms with van der Waals surface area (Å²) in [4.78, 5) is 12.2. The van der Waals surface area contributed by atoms with Crippen molar-refractivity contribution in [3.63, 3.8) is 0 Å². The van der Waals surface area contributed by atoms with Gasteiger partial charge in [0.2, 0.25) is 0 Å². The van der Waals surface area contributed by atoms with Crippen LogP contribution in [0.1, 0.15) is 32.3 Å². The summed E-state index contributed by atoms with van der Waals surface area (Å²) in [6.45, 7) is 4.43. The second kappa shape index (κ2) is 5.97. The molecule has 1 fully saturated rings. The highest BCUT2D eigenvalue weighted by Crippen LogP contribution is 2.28. The summed E-state index contributed by atoms with van der Waals surface area (Å²) in [5, 5.41) is 12.6. The number of carbonyl (C=O) groups is 1. The molecule has 0 unspecified atom stereocenters. The Balaban J connectivity index is 1.88. The summed E-state index contributed by atoms with van der Waals surface area (Å²) in [6.07, 6.45) is 2.59. The quantitative estimate of drug-likeness (QED) is 0.753. The van der Waals surface area contributed by atoms with Gasteiger partial charge >= 0.3 is 5.97 Å². The van der Waals surface area contributed by atoms with E-state index in [4.69, 9.17) is 5.11 Å². The molecule has 0 heterocycles. The zero-order chi connectivity index (χ0) is 13.9. The standard InChI is InChI=1S/C15H21NO2S/c1-15(2,14(17)18)10-19-13-5-3-4-11(8-13)9-16-12-6-7-12/h3-5,8,12,16H,6-7,9-10H2,1-2H3,(H,17,18). The van der Waals surface area contributed by atoms with Crippen LogP contribution < -0.4 is 5.32 Å². The summed E-state index contributed by atoms with van der Waals surface area (Å²) >= 11 is 1.61. The number of nitrogens with one attached hydrogen (secondary N) is 1. The minimum absolute atomic E-state index is 0.585. The van der Waals surface area contributed by atoms with E-state index in [0.29, 0.717) is 11.8 Å². The number of thioether (sulfide) groups is 1. The van der Waals surface area contributed by atoms with E-state index < -0.39 is 11.4 Å². The fraction of sp³-hybridized carbons (Fsp3) is 0.533. The minimum Gasteiger partial charge on any atom is -0.481 e. The number of rotatable bonds is 7. The molecule has 0 aromatic heterocycles. The van der Waals surface area contributed by atoms with Crippen LogP contribution in [-0.2, 0) is 11.3 Å². The number of hydrogen-bond acceptors (Lipinski definition) is 3. The third-order valence-corrected chi connectivity index (χ3v) is 4.70. The Kier molecular flexibility index (Phi) is 4.53. The second-order valence-corrected chi connectivity index (χ2v) is 6.83. The molecule has 1 aliphatic carbocycles. The van der Waals surface area contributed by atoms with Crippen LogP contribution in [0.3, 0.4) is 0 Å². The largest absolute Gasteiger partial charge is 0.481 e. The van der Waals surface area contributed by atoms with E-state index in [1.54, 1.807) is 25.6 Å². The highest BCUT2D eigenvalue weighted by molar-refractivity contribution is 7.99. The van der Waals surface area contributed by atoms with E-state index in [9.17, 15) is 4.79 Å². The highest BCUT2D eigenvalue weighted by Gasteiger charge is 2.27. The molecule has 1 aliphatic rings. The normalized spacial score (nSPS) is 15.5. The first-order valence-corrected chi connectivity index (χ1v) is 7.64. The number of aliphatic carboxylic acids is 1. The van der Waals surface area contributed by atoms with Gasteiger partial charge in [-0.1, -0.05) is 12.1 Å². The average Bonchev–Trinajstić information content (AvgIpc) is 3.18. The van der Waals surface area contributed by atoms with Crippen molar-refractivity contribution in [1.29, 1.82) is 0 Å². The van der Waals surface area contributed by atoms with E-state index in [0.717, 1.165) is 11.4 Å². The summed E-state index contributed by atoms with van der Waals surface area (Å²) in [6, 6.07) is 9.06. The lowest BCUT2D eigenvalue weighted by atomic mass is 9.97. The van der Waals surface area contributed by atoms with Gasteiger partial charge < -0.3 is 10.4 Å². The molecule has 0 spiro atoms. The maximum absolute atomic E-state index is 11.1. The average molecular weight is 279 g/mol. The van der Waals surface area contributed by atoms with Gasteiger partial charge in [0, 0.05) is 23.2 Å². The predicted molar refractivity (Wildman–Crippen MR) is 78.4 cm³/mol. The summed E-state index contributed by atoms with van der Waals surface area (Å²) in [5.41, 5.74) is 0.581. The third kappa shape index (κ3) is 4.55. The molecule has 0 saturated heterocycles. The van der Waals surface area contributed by atoms with Crippen LogP contribution in [0.5, 0.6) is 0 Å². The smallest absolute Gasteiger partial charge is 0.309 e. The lowest BCUT2D eigenvalue weighted by molar-refractivity contribution is -0.145. The van der Waals surface area contributed by atoms with Gasteiger partial charge in [-0.05, 0) is 44.4 Å². The van der Waals surface area contributed by atoms with Gasteiger partial charge in [0.05, 0.1) is 5.41 Å². The number of carboxylic acids is 1. The Morgan fingerprint density at radius 2 is 2.21 bits per heavy atom. The Hall–Kier alpha value is -1.00. The van der Waals surface area contributed by atoms with E-state index in [2.05, 4.69) is 17.4 Å². The molecule has 3 nitrogen and oxygen atoms in total. The molecule has 1 aromatic carbocycles. The van der Waals surface area contributed by atoms with Crippen molar-refractivity contribution in [3.05, 3.63) is 29.8 Å². The first-order chi connectivity index (χ1) is 8.97. The summed E-state index contributed by atoms with van der Waals surface area (Å²) in [7, 11) is 0. The molecule has 0 radical (unpaired) electrons. The summed E-state index contributed by atoms with van der Waals surface area (Å²) in [5.74, 6) is -0.159. The molecule has 19 heavy (non-hydrogen) atoms. The van der Waals surface area contributed by atoms with Gasteiger partial charge in [-0.2, -0.15) is 0 Å². The molecule has 0 aliphatic heterocycles. The molecule has 2 rings (SSSR count). The molecule has 0 amide bonds. The molecule has 0 bridgehead atoms. The fourth-order valence-corrected chi connectivity index (χ4v) is 2.68. The van der Waals surface area contributed by atoms with Crippen molar-refractivity contribution in [1.82, 2.24) is 5.32 Å². The van der Waals surface area contributed by atoms with Gasteiger partial charge in [0.1, 0.15) is 0 Å². The van der Waals surface area contributed by atoms with Crippen LogP contribution in [0.4, 0.5) is 0 Å². The van der Waals surface area contributed by atoms with Crippen molar-refractivity contribution >= 4 is 17.7 Å². The number of carboxylic acid groups (broad SMARTS) is 1. The molecular formula is C15H21NO2S. The topological polar surface area (TPSA) is 49.3 Å². The van der Waals surface area contributed by atoms with Crippen molar-refractivity contribution in [2.45, 2.75) is 44.2 Å². The van der Waals surface area contributed by atoms with E-state index in [1.165, 1.54) is 18.4 Å². The third-order valence-electron chi connectivity index (χ3n) is 3.25. The van der Waals surface area contributed by atoms with Crippen LogP contribution in [0, 0.1) is 5.41 Å². The van der Waals surface area contributed by atoms with Crippen molar-refractivity contribution in [3.8, 4) is 0 Å². The summed E-state index contributed by atoms with van der Waals surface area (Å²) < 4.78 is 0. The Bertz CT molecular complexity index is 455. The zero-order valence-corrected chi connectivity index (χ0v) is 12.3. The van der Waals surface area contributed by atoms with Crippen LogP contribution >= 0.6 is 11.8 Å². The van der Waals surface area contributed by atoms with E-state index in [-0.39, 0.29) is 0 Å².